The van der Waals surface area contributed by atoms with Gasteiger partial charge in [0.25, 0.3) is 0 Å². The molecule has 3 rings (SSSR count). The molecule has 0 heterocycles. The van der Waals surface area contributed by atoms with Gasteiger partial charge in [0.15, 0.2) is 11.2 Å². The third-order valence-corrected chi connectivity index (χ3v) is 7.03. The van der Waals surface area contributed by atoms with E-state index >= 15 is 0 Å². The molecular weight excluding hydrogens is 624 g/mol. The van der Waals surface area contributed by atoms with Crippen molar-refractivity contribution < 1.29 is 57.4 Å². The van der Waals surface area contributed by atoms with Crippen LogP contribution in [0, 0.1) is 0 Å². The molecule has 0 amide bonds. The first-order chi connectivity index (χ1) is 22.7. The quantitative estimate of drug-likeness (QED) is 0.145. The Hall–Kier alpha value is -4.65. The van der Waals surface area contributed by atoms with Gasteiger partial charge in [0.1, 0.15) is 22.8 Å². The SMILES string of the molecule is COc1ccc(C(=O)OC(C)(C)COCC(C)(COCC(C)(CO)OC(=O)c2ccc(OC)cc2)OC(=O)c2ccc(OC)cc2)cc1. The van der Waals surface area contributed by atoms with Gasteiger partial charge in [0.2, 0.25) is 0 Å². The van der Waals surface area contributed by atoms with Crippen LogP contribution in [0.1, 0.15) is 58.8 Å². The van der Waals surface area contributed by atoms with Crippen molar-refractivity contribution in [2.75, 3.05) is 54.4 Å². The Bertz CT molecular complexity index is 1480. The molecule has 0 spiro atoms. The lowest BCUT2D eigenvalue weighted by Crippen LogP contribution is -2.46. The van der Waals surface area contributed by atoms with Gasteiger partial charge in [0, 0.05) is 0 Å². The van der Waals surface area contributed by atoms with Crippen molar-refractivity contribution in [1.82, 2.24) is 0 Å². The molecule has 48 heavy (non-hydrogen) atoms. The maximum atomic E-state index is 13.2. The van der Waals surface area contributed by atoms with Gasteiger partial charge in [0.05, 0.1) is 71.1 Å². The van der Waals surface area contributed by atoms with E-state index in [0.29, 0.717) is 22.8 Å². The van der Waals surface area contributed by atoms with Gasteiger partial charge in [-0.2, -0.15) is 0 Å². The van der Waals surface area contributed by atoms with E-state index in [2.05, 4.69) is 0 Å². The third-order valence-electron chi connectivity index (χ3n) is 7.03. The van der Waals surface area contributed by atoms with E-state index in [-0.39, 0.29) is 37.6 Å². The van der Waals surface area contributed by atoms with Gasteiger partial charge in [-0.1, -0.05) is 0 Å². The first-order valence-electron chi connectivity index (χ1n) is 15.1. The molecule has 2 unspecified atom stereocenters. The molecule has 12 nitrogen and oxygen atoms in total. The molecule has 0 aliphatic rings. The number of esters is 3. The number of hydrogen-bond donors (Lipinski definition) is 1. The van der Waals surface area contributed by atoms with Gasteiger partial charge in [-0.15, -0.1) is 0 Å². The van der Waals surface area contributed by atoms with Crippen molar-refractivity contribution >= 4 is 17.9 Å². The fourth-order valence-corrected chi connectivity index (χ4v) is 4.29. The number of hydrogen-bond acceptors (Lipinski definition) is 12. The predicted octanol–water partition coefficient (Wildman–Crippen LogP) is 4.90. The van der Waals surface area contributed by atoms with Crippen LogP contribution in [0.15, 0.2) is 72.8 Å². The monoisotopic (exact) mass is 668 g/mol. The van der Waals surface area contributed by atoms with E-state index < -0.39 is 41.3 Å². The lowest BCUT2D eigenvalue weighted by atomic mass is 10.1. The first kappa shape index (κ1) is 37.8. The summed E-state index contributed by atoms with van der Waals surface area (Å²) in [6, 6.07) is 19.2. The Morgan fingerprint density at radius 1 is 0.500 bits per heavy atom. The first-order valence-corrected chi connectivity index (χ1v) is 15.1. The maximum Gasteiger partial charge on any atom is 0.338 e. The number of methoxy groups -OCH3 is 3. The van der Waals surface area contributed by atoms with Crippen molar-refractivity contribution in [3.63, 3.8) is 0 Å². The molecule has 12 heteroatoms. The van der Waals surface area contributed by atoms with E-state index in [1.807, 2.05) is 0 Å². The summed E-state index contributed by atoms with van der Waals surface area (Å²) in [5.74, 6) is -0.107. The van der Waals surface area contributed by atoms with Crippen molar-refractivity contribution in [2.24, 2.45) is 0 Å². The van der Waals surface area contributed by atoms with Crippen LogP contribution in [-0.2, 0) is 23.7 Å². The van der Waals surface area contributed by atoms with Crippen LogP contribution in [-0.4, -0.2) is 94.2 Å². The molecule has 3 aromatic rings. The topological polar surface area (TPSA) is 145 Å². The molecule has 0 aliphatic carbocycles. The smallest absolute Gasteiger partial charge is 0.338 e. The number of ether oxygens (including phenoxy) is 8. The maximum absolute atomic E-state index is 13.2. The highest BCUT2D eigenvalue weighted by Gasteiger charge is 2.35. The lowest BCUT2D eigenvalue weighted by Gasteiger charge is -2.33. The fraction of sp³-hybridized carbons (Fsp3) is 0.417. The van der Waals surface area contributed by atoms with Gasteiger partial charge in [-0.3, -0.25) is 0 Å². The summed E-state index contributed by atoms with van der Waals surface area (Å²) in [5, 5.41) is 10.1. The molecule has 1 N–H and O–H groups in total. The minimum Gasteiger partial charge on any atom is -0.497 e. The Balaban J connectivity index is 1.67. The zero-order valence-electron chi connectivity index (χ0n) is 28.4. The molecule has 0 aromatic heterocycles. The summed E-state index contributed by atoms with van der Waals surface area (Å²) in [7, 11) is 4.56. The summed E-state index contributed by atoms with van der Waals surface area (Å²) in [6.45, 7) is 5.35. The van der Waals surface area contributed by atoms with Gasteiger partial charge in [-0.05, 0) is 100 Å². The number of aliphatic hydroxyl groups is 1. The molecule has 2 atom stereocenters. The van der Waals surface area contributed by atoms with E-state index in [1.54, 1.807) is 93.6 Å². The highest BCUT2D eigenvalue weighted by Crippen LogP contribution is 2.23. The Kier molecular flexibility index (Phi) is 13.4. The molecule has 0 fully saturated rings. The molecular formula is C36H44O12. The Morgan fingerprint density at radius 2 is 0.812 bits per heavy atom. The fourth-order valence-electron chi connectivity index (χ4n) is 4.29. The van der Waals surface area contributed by atoms with Crippen molar-refractivity contribution in [2.45, 2.75) is 44.5 Å². The van der Waals surface area contributed by atoms with Crippen LogP contribution < -0.4 is 14.2 Å². The number of carbonyl (C=O) groups excluding carboxylic acids is 3. The van der Waals surface area contributed by atoms with Crippen LogP contribution in [0.2, 0.25) is 0 Å². The number of aliphatic hydroxyl groups excluding tert-OH is 1. The van der Waals surface area contributed by atoms with Crippen molar-refractivity contribution in [3.8, 4) is 17.2 Å². The average Bonchev–Trinajstić information content (AvgIpc) is 3.07. The van der Waals surface area contributed by atoms with E-state index in [9.17, 15) is 19.5 Å². The molecule has 0 bridgehead atoms. The van der Waals surface area contributed by atoms with Crippen molar-refractivity contribution in [3.05, 3.63) is 89.5 Å². The summed E-state index contributed by atoms with van der Waals surface area (Å²) in [6.07, 6.45) is 0. The largest absolute Gasteiger partial charge is 0.497 e. The minimum absolute atomic E-state index is 0.0433. The highest BCUT2D eigenvalue weighted by molar-refractivity contribution is 5.91. The highest BCUT2D eigenvalue weighted by atomic mass is 16.6. The van der Waals surface area contributed by atoms with Gasteiger partial charge in [-0.25, -0.2) is 14.4 Å². The Morgan fingerprint density at radius 3 is 1.17 bits per heavy atom. The van der Waals surface area contributed by atoms with Crippen LogP contribution in [0.25, 0.3) is 0 Å². The molecule has 0 saturated carbocycles. The van der Waals surface area contributed by atoms with E-state index in [1.165, 1.54) is 28.3 Å². The Labute approximate surface area is 280 Å². The van der Waals surface area contributed by atoms with Gasteiger partial charge < -0.3 is 43.0 Å². The molecule has 0 radical (unpaired) electrons. The summed E-state index contributed by atoms with van der Waals surface area (Å²) >= 11 is 0. The van der Waals surface area contributed by atoms with Crippen LogP contribution in [0.5, 0.6) is 17.2 Å². The summed E-state index contributed by atoms with van der Waals surface area (Å²) < 4.78 is 44.4. The number of rotatable bonds is 18. The minimum atomic E-state index is -1.42. The van der Waals surface area contributed by atoms with E-state index in [0.717, 1.165) is 0 Å². The predicted molar refractivity (Wildman–Crippen MR) is 175 cm³/mol. The second-order valence-electron chi connectivity index (χ2n) is 12.2. The summed E-state index contributed by atoms with van der Waals surface area (Å²) in [5.41, 5.74) is -2.96. The second kappa shape index (κ2) is 17.0. The zero-order valence-corrected chi connectivity index (χ0v) is 28.4. The van der Waals surface area contributed by atoms with Crippen LogP contribution >= 0.6 is 0 Å². The zero-order chi connectivity index (χ0) is 35.4. The average molecular weight is 669 g/mol. The molecule has 0 saturated heterocycles. The van der Waals surface area contributed by atoms with Crippen LogP contribution in [0.3, 0.4) is 0 Å². The van der Waals surface area contributed by atoms with E-state index in [4.69, 9.17) is 37.9 Å². The third kappa shape index (κ3) is 11.3. The van der Waals surface area contributed by atoms with Gasteiger partial charge >= 0.3 is 17.9 Å². The standard InChI is InChI=1S/C36H44O12/c1-34(2,46-31(38)25-8-14-28(41-5)15-9-25)21-44-23-36(4,48-33(40)27-12-18-30(43-7)19-13-27)24-45-22-35(3,20-37)47-32(39)26-10-16-29(42-6)17-11-26/h8-19,37H,20-24H2,1-7H3. The normalized spacial score (nSPS) is 13.8. The van der Waals surface area contributed by atoms with Crippen LogP contribution in [0.4, 0.5) is 0 Å². The second-order valence-corrected chi connectivity index (χ2v) is 12.2. The molecule has 3 aromatic carbocycles. The van der Waals surface area contributed by atoms with Crippen molar-refractivity contribution in [1.29, 1.82) is 0 Å². The summed E-state index contributed by atoms with van der Waals surface area (Å²) in [4.78, 5) is 38.7. The molecule has 0 aliphatic heterocycles. The lowest BCUT2D eigenvalue weighted by molar-refractivity contribution is -0.136. The molecule has 260 valence electrons. The number of carbonyl (C=O) groups is 3. The number of benzene rings is 3.